The van der Waals surface area contributed by atoms with Crippen molar-refractivity contribution in [3.63, 3.8) is 0 Å². The van der Waals surface area contributed by atoms with Gasteiger partial charge in [-0.3, -0.25) is 19.6 Å². The zero-order valence-corrected chi connectivity index (χ0v) is 13.5. The number of aryl methyl sites for hydroxylation is 1. The zero-order chi connectivity index (χ0) is 16.3. The molecule has 116 valence electrons. The molecule has 0 aliphatic heterocycles. The topological polar surface area (TPSA) is 99.3 Å². The van der Waals surface area contributed by atoms with Gasteiger partial charge in [-0.25, -0.2) is 0 Å². The van der Waals surface area contributed by atoms with E-state index in [2.05, 4.69) is 26.3 Å². The van der Waals surface area contributed by atoms with Gasteiger partial charge in [0.2, 0.25) is 0 Å². The first-order chi connectivity index (χ1) is 10.4. The number of carbonyl (C=O) groups is 1. The maximum Gasteiger partial charge on any atom is 0.311 e. The summed E-state index contributed by atoms with van der Waals surface area (Å²) in [7, 11) is 3.09. The van der Waals surface area contributed by atoms with E-state index < -0.39 is 10.8 Å². The van der Waals surface area contributed by atoms with Gasteiger partial charge in [-0.15, -0.1) is 0 Å². The molecule has 1 aromatic carbocycles. The number of amides is 1. The van der Waals surface area contributed by atoms with Gasteiger partial charge in [-0.05, 0) is 28.1 Å². The molecule has 22 heavy (non-hydrogen) atoms. The third kappa shape index (κ3) is 3.25. The maximum atomic E-state index is 12.1. The predicted octanol–water partition coefficient (Wildman–Crippen LogP) is 2.03. The van der Waals surface area contributed by atoms with Crippen LogP contribution in [0.1, 0.15) is 16.1 Å². The number of methoxy groups -OCH3 is 1. The van der Waals surface area contributed by atoms with Crippen LogP contribution in [0.3, 0.4) is 0 Å². The number of benzene rings is 1. The zero-order valence-electron chi connectivity index (χ0n) is 11.9. The van der Waals surface area contributed by atoms with Gasteiger partial charge in [0.05, 0.1) is 34.9 Å². The number of halogens is 1. The number of carbonyl (C=O) groups excluding carboxylic acids is 1. The molecule has 0 atom stereocenters. The maximum absolute atomic E-state index is 12.1. The highest BCUT2D eigenvalue weighted by Crippen LogP contribution is 2.27. The van der Waals surface area contributed by atoms with Gasteiger partial charge < -0.3 is 10.1 Å². The highest BCUT2D eigenvalue weighted by atomic mass is 79.9. The standard InChI is InChI=1S/C13H13BrN4O4/c1-17-11(9(14)6-16-17)7-15-13(19)8-3-4-12(22-2)10(5-8)18(20)21/h3-6H,7H2,1-2H3,(H,15,19). The number of rotatable bonds is 5. The quantitative estimate of drug-likeness (QED) is 0.642. The van der Waals surface area contributed by atoms with E-state index in [1.165, 1.54) is 25.3 Å². The lowest BCUT2D eigenvalue weighted by Crippen LogP contribution is -2.24. The van der Waals surface area contributed by atoms with Gasteiger partial charge in [-0.2, -0.15) is 5.10 Å². The molecule has 1 aromatic heterocycles. The molecule has 0 saturated heterocycles. The van der Waals surface area contributed by atoms with Crippen LogP contribution in [-0.2, 0) is 13.6 Å². The fourth-order valence-corrected chi connectivity index (χ4v) is 2.36. The van der Waals surface area contributed by atoms with Crippen molar-refractivity contribution in [1.82, 2.24) is 15.1 Å². The van der Waals surface area contributed by atoms with E-state index in [1.54, 1.807) is 17.9 Å². The highest BCUT2D eigenvalue weighted by Gasteiger charge is 2.18. The summed E-state index contributed by atoms with van der Waals surface area (Å²) >= 11 is 3.33. The second-order valence-corrected chi connectivity index (χ2v) is 5.24. The summed E-state index contributed by atoms with van der Waals surface area (Å²) in [6, 6.07) is 4.05. The van der Waals surface area contributed by atoms with Gasteiger partial charge in [0.1, 0.15) is 0 Å². The van der Waals surface area contributed by atoms with Gasteiger partial charge in [0.25, 0.3) is 5.91 Å². The Morgan fingerprint density at radius 1 is 1.55 bits per heavy atom. The van der Waals surface area contributed by atoms with Crippen LogP contribution >= 0.6 is 15.9 Å². The van der Waals surface area contributed by atoms with Gasteiger partial charge >= 0.3 is 5.69 Å². The first kappa shape index (κ1) is 16.0. The second kappa shape index (κ2) is 6.56. The van der Waals surface area contributed by atoms with Gasteiger partial charge in [0.15, 0.2) is 5.75 Å². The van der Waals surface area contributed by atoms with Crippen molar-refractivity contribution in [1.29, 1.82) is 0 Å². The molecule has 1 N–H and O–H groups in total. The fraction of sp³-hybridized carbons (Fsp3) is 0.231. The molecule has 0 bridgehead atoms. The number of nitro groups is 1. The minimum absolute atomic E-state index is 0.107. The van der Waals surface area contributed by atoms with Crippen LogP contribution in [-0.4, -0.2) is 27.7 Å². The van der Waals surface area contributed by atoms with Crippen LogP contribution in [0.4, 0.5) is 5.69 Å². The lowest BCUT2D eigenvalue weighted by molar-refractivity contribution is -0.385. The molecule has 1 heterocycles. The van der Waals surface area contributed by atoms with E-state index in [9.17, 15) is 14.9 Å². The third-order valence-corrected chi connectivity index (χ3v) is 3.73. The van der Waals surface area contributed by atoms with Gasteiger partial charge in [0, 0.05) is 18.7 Å². The normalized spacial score (nSPS) is 10.3. The first-order valence-corrected chi connectivity index (χ1v) is 7.00. The van der Waals surface area contributed by atoms with E-state index in [0.717, 1.165) is 10.2 Å². The average Bonchev–Trinajstić information content (AvgIpc) is 2.82. The van der Waals surface area contributed by atoms with Crippen LogP contribution in [0.15, 0.2) is 28.9 Å². The van der Waals surface area contributed by atoms with Crippen molar-refractivity contribution in [2.75, 3.05) is 7.11 Å². The number of nitro benzene ring substituents is 1. The number of nitrogens with zero attached hydrogens (tertiary/aromatic N) is 3. The summed E-state index contributed by atoms with van der Waals surface area (Å²) in [4.78, 5) is 22.5. The Morgan fingerprint density at radius 3 is 2.82 bits per heavy atom. The van der Waals surface area contributed by atoms with Crippen molar-refractivity contribution < 1.29 is 14.5 Å². The number of nitrogens with one attached hydrogen (secondary N) is 1. The van der Waals surface area contributed by atoms with Crippen molar-refractivity contribution in [2.24, 2.45) is 7.05 Å². The molecule has 0 fully saturated rings. The van der Waals surface area contributed by atoms with Gasteiger partial charge in [-0.1, -0.05) is 0 Å². The van der Waals surface area contributed by atoms with E-state index in [1.807, 2.05) is 0 Å². The molecule has 0 spiro atoms. The van der Waals surface area contributed by atoms with Crippen molar-refractivity contribution in [3.05, 3.63) is 50.2 Å². The van der Waals surface area contributed by atoms with E-state index in [4.69, 9.17) is 4.74 Å². The summed E-state index contributed by atoms with van der Waals surface area (Å²) in [5.41, 5.74) is 0.721. The van der Waals surface area contributed by atoms with Crippen LogP contribution < -0.4 is 10.1 Å². The number of aromatic nitrogens is 2. The lowest BCUT2D eigenvalue weighted by atomic mass is 10.1. The Hall–Kier alpha value is -2.42. The van der Waals surface area contributed by atoms with E-state index >= 15 is 0 Å². The van der Waals surface area contributed by atoms with Crippen LogP contribution in [0.2, 0.25) is 0 Å². The van der Waals surface area contributed by atoms with Crippen molar-refractivity contribution in [2.45, 2.75) is 6.54 Å². The molecule has 0 aliphatic carbocycles. The van der Waals surface area contributed by atoms with Crippen molar-refractivity contribution >= 4 is 27.5 Å². The van der Waals surface area contributed by atoms with E-state index in [0.29, 0.717) is 0 Å². The Labute approximate surface area is 134 Å². The van der Waals surface area contributed by atoms with Crippen LogP contribution in [0.5, 0.6) is 5.75 Å². The molecule has 2 aromatic rings. The number of ether oxygens (including phenoxy) is 1. The van der Waals surface area contributed by atoms with Crippen molar-refractivity contribution in [3.8, 4) is 5.75 Å². The van der Waals surface area contributed by atoms with E-state index in [-0.39, 0.29) is 23.5 Å². The largest absolute Gasteiger partial charge is 0.490 e. The number of hydrogen-bond donors (Lipinski definition) is 1. The monoisotopic (exact) mass is 368 g/mol. The predicted molar refractivity (Wildman–Crippen MR) is 81.7 cm³/mol. The van der Waals surface area contributed by atoms with Crippen LogP contribution in [0.25, 0.3) is 0 Å². The Balaban J connectivity index is 2.16. The molecule has 2 rings (SSSR count). The average molecular weight is 369 g/mol. The lowest BCUT2D eigenvalue weighted by Gasteiger charge is -2.07. The summed E-state index contributed by atoms with van der Waals surface area (Å²) in [5.74, 6) is -0.310. The molecule has 1 amide bonds. The minimum Gasteiger partial charge on any atom is -0.490 e. The highest BCUT2D eigenvalue weighted by molar-refractivity contribution is 9.10. The molecular formula is C13H13BrN4O4. The summed E-state index contributed by atoms with van der Waals surface area (Å²) < 4.78 is 7.30. The Morgan fingerprint density at radius 2 is 2.27 bits per heavy atom. The summed E-state index contributed by atoms with van der Waals surface area (Å²) in [6.45, 7) is 0.246. The molecule has 0 radical (unpaired) electrons. The first-order valence-electron chi connectivity index (χ1n) is 6.21. The Bertz CT molecular complexity index is 709. The second-order valence-electron chi connectivity index (χ2n) is 4.39. The smallest absolute Gasteiger partial charge is 0.311 e. The SMILES string of the molecule is COc1ccc(C(=O)NCc2c(Br)cnn2C)cc1[N+](=O)[O-]. The Kier molecular flexibility index (Phi) is 4.76. The fourth-order valence-electron chi connectivity index (χ4n) is 1.87. The summed E-state index contributed by atoms with van der Waals surface area (Å²) in [6.07, 6.45) is 1.62. The third-order valence-electron chi connectivity index (χ3n) is 3.06. The molecular weight excluding hydrogens is 356 g/mol. The van der Waals surface area contributed by atoms with Crippen LogP contribution in [0, 0.1) is 10.1 Å². The molecule has 8 nitrogen and oxygen atoms in total. The summed E-state index contributed by atoms with van der Waals surface area (Å²) in [5, 5.41) is 17.7. The molecule has 0 unspecified atom stereocenters. The molecule has 9 heteroatoms. The number of hydrogen-bond acceptors (Lipinski definition) is 5. The molecule has 0 saturated carbocycles. The molecule has 0 aliphatic rings. The minimum atomic E-state index is -0.590.